The first-order chi connectivity index (χ1) is 8.95. The summed E-state index contributed by atoms with van der Waals surface area (Å²) in [5, 5.41) is 13.1. The molecule has 1 unspecified atom stereocenters. The topological polar surface area (TPSA) is 35.5 Å². The predicted octanol–water partition coefficient (Wildman–Crippen LogP) is 2.70. The number of nitrogens with one attached hydrogen (secondary N) is 1. The molecule has 0 radical (unpaired) electrons. The predicted molar refractivity (Wildman–Crippen MR) is 83.8 cm³/mol. The normalized spacial score (nSPS) is 23.2. The molecule has 19 heavy (non-hydrogen) atoms. The molecule has 1 aliphatic rings. The summed E-state index contributed by atoms with van der Waals surface area (Å²) in [6.07, 6.45) is 1.06. The molecular weight excluding hydrogens is 304 g/mol. The van der Waals surface area contributed by atoms with Crippen LogP contribution in [-0.2, 0) is 0 Å². The lowest BCUT2D eigenvalue weighted by Gasteiger charge is -2.44. The third-order valence-electron chi connectivity index (χ3n) is 3.88. The monoisotopic (exact) mass is 326 g/mol. The van der Waals surface area contributed by atoms with Gasteiger partial charge in [-0.25, -0.2) is 0 Å². The molecule has 1 fully saturated rings. The maximum absolute atomic E-state index is 9.73. The van der Waals surface area contributed by atoms with Crippen molar-refractivity contribution in [1.82, 2.24) is 5.32 Å². The summed E-state index contributed by atoms with van der Waals surface area (Å²) in [7, 11) is 0. The highest BCUT2D eigenvalue weighted by molar-refractivity contribution is 9.10. The molecule has 1 saturated heterocycles. The molecule has 4 heteroatoms. The Morgan fingerprint density at radius 2 is 2.21 bits per heavy atom. The molecule has 3 nitrogen and oxygen atoms in total. The van der Waals surface area contributed by atoms with Crippen LogP contribution < -0.4 is 10.2 Å². The molecule has 1 heterocycles. The Morgan fingerprint density at radius 3 is 2.84 bits per heavy atom. The van der Waals surface area contributed by atoms with Crippen LogP contribution in [-0.4, -0.2) is 36.4 Å². The van der Waals surface area contributed by atoms with E-state index in [9.17, 15) is 5.11 Å². The first-order valence-corrected chi connectivity index (χ1v) is 7.62. The lowest BCUT2D eigenvalue weighted by Crippen LogP contribution is -2.52. The fraction of sp³-hybridized carbons (Fsp3) is 0.600. The summed E-state index contributed by atoms with van der Waals surface area (Å²) < 4.78 is 1.10. The van der Waals surface area contributed by atoms with Crippen LogP contribution in [0.5, 0.6) is 0 Å². The van der Waals surface area contributed by atoms with E-state index in [2.05, 4.69) is 65.1 Å². The molecule has 0 aliphatic carbocycles. The van der Waals surface area contributed by atoms with Crippen molar-refractivity contribution in [3.05, 3.63) is 28.2 Å². The Balaban J connectivity index is 2.45. The molecular formula is C15H23BrN2O. The molecule has 0 aromatic heterocycles. The quantitative estimate of drug-likeness (QED) is 0.877. The molecule has 2 rings (SSSR count). The first kappa shape index (κ1) is 14.8. The number of hydrogen-bond acceptors (Lipinski definition) is 3. The van der Waals surface area contributed by atoms with Crippen LogP contribution in [0.15, 0.2) is 22.7 Å². The van der Waals surface area contributed by atoms with Gasteiger partial charge < -0.3 is 15.3 Å². The molecule has 1 aromatic carbocycles. The van der Waals surface area contributed by atoms with E-state index in [0.29, 0.717) is 0 Å². The third kappa shape index (κ3) is 3.12. The number of halogens is 1. The lowest BCUT2D eigenvalue weighted by molar-refractivity contribution is 0.245. The van der Waals surface area contributed by atoms with Crippen LogP contribution in [0, 0.1) is 6.92 Å². The van der Waals surface area contributed by atoms with Crippen LogP contribution in [0.25, 0.3) is 0 Å². The van der Waals surface area contributed by atoms with E-state index in [1.165, 1.54) is 11.3 Å². The average Bonchev–Trinajstić information content (AvgIpc) is 2.48. The SMILES string of the molecule is Cc1ccc(N2C(CO)CNCCC2(C)C)c(Br)c1. The molecule has 106 valence electrons. The van der Waals surface area contributed by atoms with Crippen LogP contribution in [0.3, 0.4) is 0 Å². The van der Waals surface area contributed by atoms with Crippen molar-refractivity contribution in [2.75, 3.05) is 24.6 Å². The van der Waals surface area contributed by atoms with Crippen LogP contribution in [0.4, 0.5) is 5.69 Å². The minimum absolute atomic E-state index is 0.0225. The lowest BCUT2D eigenvalue weighted by atomic mass is 9.95. The summed E-state index contributed by atoms with van der Waals surface area (Å²) >= 11 is 3.67. The van der Waals surface area contributed by atoms with Gasteiger partial charge in [-0.3, -0.25) is 0 Å². The van der Waals surface area contributed by atoms with Gasteiger partial charge in [0.25, 0.3) is 0 Å². The van der Waals surface area contributed by atoms with Gasteiger partial charge in [-0.2, -0.15) is 0 Å². The Bertz CT molecular complexity index is 448. The van der Waals surface area contributed by atoms with Gasteiger partial charge in [0.1, 0.15) is 0 Å². The number of aliphatic hydroxyl groups is 1. The smallest absolute Gasteiger partial charge is 0.0651 e. The molecule has 0 spiro atoms. The second-order valence-electron chi connectivity index (χ2n) is 5.93. The minimum Gasteiger partial charge on any atom is -0.394 e. The van der Waals surface area contributed by atoms with E-state index in [-0.39, 0.29) is 18.2 Å². The summed E-state index contributed by atoms with van der Waals surface area (Å²) in [5.74, 6) is 0. The van der Waals surface area contributed by atoms with Crippen molar-refractivity contribution in [1.29, 1.82) is 0 Å². The fourth-order valence-corrected chi connectivity index (χ4v) is 3.53. The van der Waals surface area contributed by atoms with E-state index in [1.807, 2.05) is 0 Å². The number of nitrogens with zero attached hydrogens (tertiary/aromatic N) is 1. The van der Waals surface area contributed by atoms with E-state index < -0.39 is 0 Å². The zero-order valence-corrected chi connectivity index (χ0v) is 13.5. The zero-order chi connectivity index (χ0) is 14.0. The van der Waals surface area contributed by atoms with Crippen molar-refractivity contribution < 1.29 is 5.11 Å². The maximum atomic E-state index is 9.73. The van der Waals surface area contributed by atoms with Crippen molar-refractivity contribution in [3.8, 4) is 0 Å². The van der Waals surface area contributed by atoms with E-state index >= 15 is 0 Å². The van der Waals surface area contributed by atoms with Crippen molar-refractivity contribution >= 4 is 21.6 Å². The van der Waals surface area contributed by atoms with Crippen molar-refractivity contribution in [3.63, 3.8) is 0 Å². The summed E-state index contributed by atoms with van der Waals surface area (Å²) in [5.41, 5.74) is 2.43. The second kappa shape index (κ2) is 5.81. The second-order valence-corrected chi connectivity index (χ2v) is 6.78. The van der Waals surface area contributed by atoms with Crippen LogP contribution in [0.1, 0.15) is 25.8 Å². The maximum Gasteiger partial charge on any atom is 0.0651 e. The van der Waals surface area contributed by atoms with Crippen molar-refractivity contribution in [2.24, 2.45) is 0 Å². The first-order valence-electron chi connectivity index (χ1n) is 6.83. The Hall–Kier alpha value is -0.580. The number of rotatable bonds is 2. The number of hydrogen-bond donors (Lipinski definition) is 2. The Morgan fingerprint density at radius 1 is 1.47 bits per heavy atom. The van der Waals surface area contributed by atoms with Crippen molar-refractivity contribution in [2.45, 2.75) is 38.8 Å². The highest BCUT2D eigenvalue weighted by Crippen LogP contribution is 2.35. The van der Waals surface area contributed by atoms with Gasteiger partial charge >= 0.3 is 0 Å². The number of benzene rings is 1. The van der Waals surface area contributed by atoms with Gasteiger partial charge in [-0.15, -0.1) is 0 Å². The third-order valence-corrected chi connectivity index (χ3v) is 4.52. The number of anilines is 1. The molecule has 0 amide bonds. The van der Waals surface area contributed by atoms with Gasteiger partial charge in [0, 0.05) is 16.6 Å². The standard InChI is InChI=1S/C15H23BrN2O/c1-11-4-5-14(13(16)8-11)18-12(10-19)9-17-7-6-15(18,2)3/h4-5,8,12,17,19H,6-7,9-10H2,1-3H3. The van der Waals surface area contributed by atoms with Gasteiger partial charge in [0.2, 0.25) is 0 Å². The fourth-order valence-electron chi connectivity index (χ4n) is 2.85. The highest BCUT2D eigenvalue weighted by atomic mass is 79.9. The minimum atomic E-state index is 0.0225. The van der Waals surface area contributed by atoms with E-state index in [0.717, 1.165) is 24.0 Å². The number of aliphatic hydroxyl groups excluding tert-OH is 1. The molecule has 1 atom stereocenters. The summed E-state index contributed by atoms with van der Waals surface area (Å²) in [6, 6.07) is 6.52. The molecule has 1 aliphatic heterocycles. The van der Waals surface area contributed by atoms with Gasteiger partial charge in [0.15, 0.2) is 0 Å². The van der Waals surface area contributed by atoms with E-state index in [4.69, 9.17) is 0 Å². The zero-order valence-electron chi connectivity index (χ0n) is 11.9. The average molecular weight is 327 g/mol. The van der Waals surface area contributed by atoms with E-state index in [1.54, 1.807) is 0 Å². The molecule has 0 bridgehead atoms. The molecule has 0 saturated carbocycles. The van der Waals surface area contributed by atoms with Gasteiger partial charge in [-0.1, -0.05) is 6.07 Å². The molecule has 2 N–H and O–H groups in total. The highest BCUT2D eigenvalue weighted by Gasteiger charge is 2.35. The van der Waals surface area contributed by atoms with Gasteiger partial charge in [-0.05, 0) is 67.4 Å². The Kier molecular flexibility index (Phi) is 4.54. The summed E-state index contributed by atoms with van der Waals surface area (Å²) in [6.45, 7) is 8.55. The number of aryl methyl sites for hydroxylation is 1. The molecule has 1 aromatic rings. The Labute approximate surface area is 124 Å². The largest absolute Gasteiger partial charge is 0.394 e. The summed E-state index contributed by atoms with van der Waals surface area (Å²) in [4.78, 5) is 2.36. The van der Waals surface area contributed by atoms with Gasteiger partial charge in [0.05, 0.1) is 18.3 Å². The van der Waals surface area contributed by atoms with Crippen LogP contribution >= 0.6 is 15.9 Å². The van der Waals surface area contributed by atoms with Crippen LogP contribution in [0.2, 0.25) is 0 Å².